The van der Waals surface area contributed by atoms with Gasteiger partial charge >= 0.3 is 0 Å². The molecule has 2 aliphatic rings. The summed E-state index contributed by atoms with van der Waals surface area (Å²) in [5.74, 6) is 0.165. The second kappa shape index (κ2) is 7.39. The summed E-state index contributed by atoms with van der Waals surface area (Å²) in [5.41, 5.74) is 4.19. The first kappa shape index (κ1) is 17.5. The molecule has 0 radical (unpaired) electrons. The predicted octanol–water partition coefficient (Wildman–Crippen LogP) is 2.65. The Morgan fingerprint density at radius 3 is 2.67 bits per heavy atom. The zero-order chi connectivity index (χ0) is 18.8. The number of methoxy groups -OCH3 is 1. The van der Waals surface area contributed by atoms with Crippen molar-refractivity contribution in [2.45, 2.75) is 44.6 Å². The van der Waals surface area contributed by atoms with E-state index in [-0.39, 0.29) is 11.8 Å². The smallest absolute Gasteiger partial charge is 0.261 e. The second-order valence-corrected chi connectivity index (χ2v) is 7.17. The van der Waals surface area contributed by atoms with E-state index in [0.29, 0.717) is 29.6 Å². The van der Waals surface area contributed by atoms with Gasteiger partial charge in [0.15, 0.2) is 0 Å². The molecule has 1 saturated carbocycles. The van der Waals surface area contributed by atoms with Crippen LogP contribution in [0.5, 0.6) is 5.88 Å². The Hall–Kier alpha value is -2.89. The Morgan fingerprint density at radius 2 is 1.96 bits per heavy atom. The van der Waals surface area contributed by atoms with Gasteiger partial charge in [-0.3, -0.25) is 9.59 Å². The summed E-state index contributed by atoms with van der Waals surface area (Å²) < 4.78 is 5.31. The first-order valence-corrected chi connectivity index (χ1v) is 9.39. The quantitative estimate of drug-likeness (QED) is 0.825. The highest BCUT2D eigenvalue weighted by Crippen LogP contribution is 2.27. The van der Waals surface area contributed by atoms with Crippen molar-refractivity contribution < 1.29 is 14.3 Å². The van der Waals surface area contributed by atoms with Crippen molar-refractivity contribution >= 4 is 17.5 Å². The fraction of sp³-hybridized carbons (Fsp3) is 0.381. The van der Waals surface area contributed by atoms with Gasteiger partial charge in [-0.1, -0.05) is 12.1 Å². The standard InChI is InChI=1S/C21H23N3O3/c1-27-21-17(12-14-3-2-4-18(14)24-21)20(26)23-16-7-5-13(6-8-16)11-19(25)22-15-9-10-15/h5-8,12,15H,2-4,9-11H2,1H3,(H,22,25)(H,23,26). The van der Waals surface area contributed by atoms with Gasteiger partial charge < -0.3 is 15.4 Å². The number of pyridine rings is 1. The minimum Gasteiger partial charge on any atom is -0.480 e. The Morgan fingerprint density at radius 1 is 1.19 bits per heavy atom. The Bertz CT molecular complexity index is 873. The zero-order valence-electron chi connectivity index (χ0n) is 15.4. The van der Waals surface area contributed by atoms with Crippen LogP contribution in [-0.4, -0.2) is 29.9 Å². The lowest BCUT2D eigenvalue weighted by molar-refractivity contribution is -0.120. The van der Waals surface area contributed by atoms with Gasteiger partial charge in [0.05, 0.1) is 13.5 Å². The van der Waals surface area contributed by atoms with Crippen molar-refractivity contribution in [2.24, 2.45) is 0 Å². The van der Waals surface area contributed by atoms with Gasteiger partial charge in [0.1, 0.15) is 5.56 Å². The van der Waals surface area contributed by atoms with Crippen molar-refractivity contribution in [2.75, 3.05) is 12.4 Å². The molecule has 2 amide bonds. The molecular weight excluding hydrogens is 342 g/mol. The van der Waals surface area contributed by atoms with Gasteiger partial charge in [-0.2, -0.15) is 0 Å². The van der Waals surface area contributed by atoms with Crippen molar-refractivity contribution in [1.29, 1.82) is 0 Å². The molecule has 0 bridgehead atoms. The molecule has 140 valence electrons. The number of hydrogen-bond donors (Lipinski definition) is 2. The highest BCUT2D eigenvalue weighted by molar-refractivity contribution is 6.06. The van der Waals surface area contributed by atoms with Crippen molar-refractivity contribution in [1.82, 2.24) is 10.3 Å². The van der Waals surface area contributed by atoms with E-state index in [4.69, 9.17) is 4.74 Å². The number of carbonyl (C=O) groups excluding carboxylic acids is 2. The molecule has 6 nitrogen and oxygen atoms in total. The molecule has 0 saturated heterocycles. The van der Waals surface area contributed by atoms with E-state index in [2.05, 4.69) is 15.6 Å². The fourth-order valence-corrected chi connectivity index (χ4v) is 3.37. The summed E-state index contributed by atoms with van der Waals surface area (Å²) in [7, 11) is 1.53. The number of carbonyl (C=O) groups is 2. The van der Waals surface area contributed by atoms with Gasteiger partial charge in [0, 0.05) is 17.4 Å². The number of amides is 2. The summed E-state index contributed by atoms with van der Waals surface area (Å²) in [6, 6.07) is 9.60. The van der Waals surface area contributed by atoms with Crippen LogP contribution in [-0.2, 0) is 24.1 Å². The monoisotopic (exact) mass is 365 g/mol. The van der Waals surface area contributed by atoms with Crippen LogP contribution in [0.4, 0.5) is 5.69 Å². The molecule has 1 aromatic heterocycles. The average Bonchev–Trinajstić information content (AvgIpc) is 3.35. The number of nitrogens with zero attached hydrogens (tertiary/aromatic N) is 1. The zero-order valence-corrected chi connectivity index (χ0v) is 15.4. The normalized spacial score (nSPS) is 15.1. The third-order valence-corrected chi connectivity index (χ3v) is 4.97. The fourth-order valence-electron chi connectivity index (χ4n) is 3.37. The van der Waals surface area contributed by atoms with Crippen molar-refractivity contribution in [3.05, 3.63) is 52.7 Å². The van der Waals surface area contributed by atoms with Crippen LogP contribution in [0.2, 0.25) is 0 Å². The van der Waals surface area contributed by atoms with Crippen LogP contribution >= 0.6 is 0 Å². The molecule has 2 aromatic rings. The minimum absolute atomic E-state index is 0.0447. The number of aromatic nitrogens is 1. The molecule has 1 aromatic carbocycles. The van der Waals surface area contributed by atoms with Gasteiger partial charge in [-0.15, -0.1) is 0 Å². The highest BCUT2D eigenvalue weighted by atomic mass is 16.5. The third kappa shape index (κ3) is 4.10. The number of aryl methyl sites for hydroxylation is 2. The first-order valence-electron chi connectivity index (χ1n) is 9.39. The Balaban J connectivity index is 1.43. The van der Waals surface area contributed by atoms with Gasteiger partial charge in [0.2, 0.25) is 11.8 Å². The lowest BCUT2D eigenvalue weighted by Crippen LogP contribution is -2.26. The van der Waals surface area contributed by atoms with E-state index >= 15 is 0 Å². The van der Waals surface area contributed by atoms with Crippen molar-refractivity contribution in [3.63, 3.8) is 0 Å². The van der Waals surface area contributed by atoms with E-state index in [1.807, 2.05) is 30.3 Å². The van der Waals surface area contributed by atoms with Crippen molar-refractivity contribution in [3.8, 4) is 5.88 Å². The van der Waals surface area contributed by atoms with Gasteiger partial charge in [-0.05, 0) is 61.4 Å². The molecule has 0 spiro atoms. The molecule has 0 atom stereocenters. The SMILES string of the molecule is COc1nc2c(cc1C(=O)Nc1ccc(CC(=O)NC3CC3)cc1)CCC2. The number of hydrogen-bond acceptors (Lipinski definition) is 4. The molecule has 6 heteroatoms. The maximum atomic E-state index is 12.7. The molecule has 2 aliphatic carbocycles. The lowest BCUT2D eigenvalue weighted by Gasteiger charge is -2.11. The lowest BCUT2D eigenvalue weighted by atomic mass is 10.1. The topological polar surface area (TPSA) is 80.3 Å². The Kier molecular flexibility index (Phi) is 4.79. The molecule has 0 aliphatic heterocycles. The van der Waals surface area contributed by atoms with Crippen LogP contribution in [0.3, 0.4) is 0 Å². The number of rotatable bonds is 6. The van der Waals surface area contributed by atoms with Crippen LogP contribution in [0.25, 0.3) is 0 Å². The van der Waals surface area contributed by atoms with Crippen LogP contribution in [0, 0.1) is 0 Å². The van der Waals surface area contributed by atoms with Gasteiger partial charge in [-0.25, -0.2) is 4.98 Å². The molecule has 1 heterocycles. The molecular formula is C21H23N3O3. The maximum Gasteiger partial charge on any atom is 0.261 e. The molecule has 4 rings (SSSR count). The van der Waals surface area contributed by atoms with E-state index < -0.39 is 0 Å². The maximum absolute atomic E-state index is 12.7. The number of ether oxygens (including phenoxy) is 1. The molecule has 1 fully saturated rings. The number of nitrogens with one attached hydrogen (secondary N) is 2. The van der Waals surface area contributed by atoms with E-state index in [1.165, 1.54) is 7.11 Å². The predicted molar refractivity (Wildman–Crippen MR) is 102 cm³/mol. The van der Waals surface area contributed by atoms with Crippen LogP contribution < -0.4 is 15.4 Å². The highest BCUT2D eigenvalue weighted by Gasteiger charge is 2.23. The minimum atomic E-state index is -0.242. The van der Waals surface area contributed by atoms with Crippen LogP contribution in [0.1, 0.15) is 46.4 Å². The summed E-state index contributed by atoms with van der Waals surface area (Å²) >= 11 is 0. The first-order chi connectivity index (χ1) is 13.1. The van der Waals surface area contributed by atoms with Crippen LogP contribution in [0.15, 0.2) is 30.3 Å². The molecule has 2 N–H and O–H groups in total. The second-order valence-electron chi connectivity index (χ2n) is 7.17. The summed E-state index contributed by atoms with van der Waals surface area (Å²) in [4.78, 5) is 29.0. The molecule has 0 unspecified atom stereocenters. The molecule has 27 heavy (non-hydrogen) atoms. The number of benzene rings is 1. The summed E-state index contributed by atoms with van der Waals surface area (Å²) in [5, 5.41) is 5.86. The Labute approximate surface area is 158 Å². The number of fused-ring (bicyclic) bond motifs is 1. The average molecular weight is 365 g/mol. The van der Waals surface area contributed by atoms with E-state index in [9.17, 15) is 9.59 Å². The summed E-state index contributed by atoms with van der Waals surface area (Å²) in [6.07, 6.45) is 5.46. The largest absolute Gasteiger partial charge is 0.480 e. The third-order valence-electron chi connectivity index (χ3n) is 4.97. The number of anilines is 1. The summed E-state index contributed by atoms with van der Waals surface area (Å²) in [6.45, 7) is 0. The van der Waals surface area contributed by atoms with E-state index in [0.717, 1.165) is 48.9 Å². The van der Waals surface area contributed by atoms with Gasteiger partial charge in [0.25, 0.3) is 5.91 Å². The van der Waals surface area contributed by atoms with E-state index in [1.54, 1.807) is 0 Å².